The van der Waals surface area contributed by atoms with Gasteiger partial charge in [-0.15, -0.1) is 0 Å². The van der Waals surface area contributed by atoms with Gasteiger partial charge in [0.1, 0.15) is 0 Å². The second-order valence-electron chi connectivity index (χ2n) is 2.31. The molecule has 0 unspecified atom stereocenters. The maximum absolute atomic E-state index is 10.9. The molecule has 0 aromatic carbocycles. The molecule has 1 aliphatic rings. The van der Waals surface area contributed by atoms with Crippen LogP contribution in [0.3, 0.4) is 0 Å². The van der Waals surface area contributed by atoms with E-state index in [2.05, 4.69) is 15.3 Å². The Morgan fingerprint density at radius 2 is 2.46 bits per heavy atom. The first-order chi connectivity index (χ1) is 6.22. The van der Waals surface area contributed by atoms with Crippen LogP contribution < -0.4 is 5.32 Å². The summed E-state index contributed by atoms with van der Waals surface area (Å²) in [7, 11) is 0. The number of hydrogen-bond acceptors (Lipinski definition) is 2. The average Bonchev–Trinajstić information content (AvgIpc) is 2.49. The lowest BCUT2D eigenvalue weighted by Gasteiger charge is -1.92. The molecule has 3 amide bonds. The molecule has 0 spiro atoms. The third-order valence-corrected chi connectivity index (χ3v) is 1.29. The Hall–Kier alpha value is -1.78. The van der Waals surface area contributed by atoms with Gasteiger partial charge in [0, 0.05) is 12.6 Å². The molecule has 0 radical (unpaired) electrons. The van der Waals surface area contributed by atoms with Crippen molar-refractivity contribution in [3.05, 3.63) is 12.2 Å². The zero-order chi connectivity index (χ0) is 9.68. The van der Waals surface area contributed by atoms with Crippen molar-refractivity contribution < 1.29 is 9.59 Å². The number of nitrogens with zero attached hydrogens (tertiary/aromatic N) is 2. The number of aliphatic imine (C=N–C) groups is 2. The van der Waals surface area contributed by atoms with Crippen molar-refractivity contribution in [1.29, 1.82) is 0 Å². The molecule has 1 aliphatic heterocycles. The summed E-state index contributed by atoms with van der Waals surface area (Å²) < 4.78 is 0. The van der Waals surface area contributed by atoms with Crippen molar-refractivity contribution in [1.82, 2.24) is 5.32 Å². The SMILES string of the molecule is CCNC(=O)C=CC1=NC(=O)N=C1. The van der Waals surface area contributed by atoms with Gasteiger partial charge in [-0.25, -0.2) is 4.79 Å². The van der Waals surface area contributed by atoms with Gasteiger partial charge < -0.3 is 5.32 Å². The molecule has 1 N–H and O–H groups in total. The summed E-state index contributed by atoms with van der Waals surface area (Å²) in [6.07, 6.45) is 4.07. The molecule has 0 aliphatic carbocycles. The molecule has 5 heteroatoms. The van der Waals surface area contributed by atoms with Crippen LogP contribution in [0.15, 0.2) is 22.1 Å². The van der Waals surface area contributed by atoms with E-state index in [1.807, 2.05) is 6.92 Å². The third kappa shape index (κ3) is 2.98. The van der Waals surface area contributed by atoms with Crippen LogP contribution in [0.4, 0.5) is 4.79 Å². The minimum atomic E-state index is -0.532. The Labute approximate surface area is 75.3 Å². The molecule has 0 saturated carbocycles. The molecule has 0 aromatic rings. The van der Waals surface area contributed by atoms with Gasteiger partial charge in [-0.1, -0.05) is 0 Å². The molecule has 68 valence electrons. The van der Waals surface area contributed by atoms with E-state index in [9.17, 15) is 9.59 Å². The van der Waals surface area contributed by atoms with Gasteiger partial charge in [0.15, 0.2) is 0 Å². The number of allylic oxidation sites excluding steroid dienone is 1. The van der Waals surface area contributed by atoms with Crippen molar-refractivity contribution in [2.45, 2.75) is 6.92 Å². The number of carbonyl (C=O) groups excluding carboxylic acids is 2. The molecule has 5 nitrogen and oxygen atoms in total. The number of rotatable bonds is 3. The van der Waals surface area contributed by atoms with Gasteiger partial charge in [-0.2, -0.15) is 9.98 Å². The normalized spacial score (nSPS) is 15.2. The molecule has 13 heavy (non-hydrogen) atoms. The lowest BCUT2D eigenvalue weighted by Crippen LogP contribution is -2.20. The van der Waals surface area contributed by atoms with E-state index in [-0.39, 0.29) is 5.91 Å². The molecule has 0 atom stereocenters. The van der Waals surface area contributed by atoms with Crippen LogP contribution in [-0.4, -0.2) is 30.4 Å². The van der Waals surface area contributed by atoms with Crippen LogP contribution in [0, 0.1) is 0 Å². The number of carbonyl (C=O) groups is 2. The molecule has 1 heterocycles. The Morgan fingerprint density at radius 1 is 1.69 bits per heavy atom. The fraction of sp³-hybridized carbons (Fsp3) is 0.250. The summed E-state index contributed by atoms with van der Waals surface area (Å²) in [4.78, 5) is 28.3. The standard InChI is InChI=1S/C8H9N3O2/c1-2-9-7(12)4-3-6-5-10-8(13)11-6/h3-5H,2H2,1H3,(H,9,12). The number of hydrogen-bond donors (Lipinski definition) is 1. The van der Waals surface area contributed by atoms with Crippen LogP contribution in [0.2, 0.25) is 0 Å². The molecule has 0 aromatic heterocycles. The summed E-state index contributed by atoms with van der Waals surface area (Å²) in [6, 6.07) is -0.532. The van der Waals surface area contributed by atoms with Gasteiger partial charge >= 0.3 is 6.03 Å². The minimum absolute atomic E-state index is 0.210. The first-order valence-electron chi connectivity index (χ1n) is 3.85. The minimum Gasteiger partial charge on any atom is -0.353 e. The Morgan fingerprint density at radius 3 is 3.00 bits per heavy atom. The van der Waals surface area contributed by atoms with E-state index >= 15 is 0 Å². The van der Waals surface area contributed by atoms with Gasteiger partial charge in [0.05, 0.1) is 11.9 Å². The van der Waals surface area contributed by atoms with Gasteiger partial charge in [-0.05, 0) is 13.0 Å². The highest BCUT2D eigenvalue weighted by Gasteiger charge is 2.04. The third-order valence-electron chi connectivity index (χ3n) is 1.29. The topological polar surface area (TPSA) is 70.9 Å². The second-order valence-corrected chi connectivity index (χ2v) is 2.31. The largest absolute Gasteiger partial charge is 0.367 e. The van der Waals surface area contributed by atoms with Gasteiger partial charge in [-0.3, -0.25) is 4.79 Å². The van der Waals surface area contributed by atoms with Gasteiger partial charge in [0.25, 0.3) is 0 Å². The Balaban J connectivity index is 2.49. The first-order valence-corrected chi connectivity index (χ1v) is 3.85. The molecule has 1 rings (SSSR count). The van der Waals surface area contributed by atoms with E-state index in [1.165, 1.54) is 18.4 Å². The monoisotopic (exact) mass is 179 g/mol. The fourth-order valence-electron chi connectivity index (χ4n) is 0.764. The second kappa shape index (κ2) is 4.30. The summed E-state index contributed by atoms with van der Waals surface area (Å²) in [6.45, 7) is 2.40. The maximum atomic E-state index is 10.9. The van der Waals surface area contributed by atoms with E-state index in [0.717, 1.165) is 0 Å². The Kier molecular flexibility index (Phi) is 3.08. The Bertz CT molecular complexity index is 315. The van der Waals surface area contributed by atoms with Crippen molar-refractivity contribution >= 4 is 23.9 Å². The first kappa shape index (κ1) is 9.31. The lowest BCUT2D eigenvalue weighted by atomic mass is 10.3. The highest BCUT2D eigenvalue weighted by Crippen LogP contribution is 1.93. The zero-order valence-corrected chi connectivity index (χ0v) is 7.15. The zero-order valence-electron chi connectivity index (χ0n) is 7.15. The predicted octanol–water partition coefficient (Wildman–Crippen LogP) is 0.324. The lowest BCUT2D eigenvalue weighted by molar-refractivity contribution is -0.116. The van der Waals surface area contributed by atoms with Crippen LogP contribution in [-0.2, 0) is 4.79 Å². The fourth-order valence-corrected chi connectivity index (χ4v) is 0.764. The van der Waals surface area contributed by atoms with Crippen LogP contribution >= 0.6 is 0 Å². The van der Waals surface area contributed by atoms with Crippen molar-refractivity contribution in [3.8, 4) is 0 Å². The number of likely N-dealkylation sites (N-methyl/N-ethyl adjacent to an activating group) is 1. The van der Waals surface area contributed by atoms with Gasteiger partial charge in [0.2, 0.25) is 5.91 Å². The summed E-state index contributed by atoms with van der Waals surface area (Å²) in [5, 5.41) is 2.57. The highest BCUT2D eigenvalue weighted by atomic mass is 16.2. The van der Waals surface area contributed by atoms with E-state index in [1.54, 1.807) is 0 Å². The van der Waals surface area contributed by atoms with Crippen LogP contribution in [0.1, 0.15) is 6.92 Å². The number of amides is 3. The quantitative estimate of drug-likeness (QED) is 0.634. The summed E-state index contributed by atoms with van der Waals surface area (Å²) >= 11 is 0. The van der Waals surface area contributed by atoms with Crippen molar-refractivity contribution in [2.75, 3.05) is 6.54 Å². The summed E-state index contributed by atoms with van der Waals surface area (Å²) in [5.74, 6) is -0.210. The molecule has 0 saturated heterocycles. The predicted molar refractivity (Wildman–Crippen MR) is 49.1 cm³/mol. The molecular formula is C8H9N3O2. The maximum Gasteiger partial charge on any atom is 0.367 e. The summed E-state index contributed by atoms with van der Waals surface area (Å²) in [5.41, 5.74) is 0.399. The van der Waals surface area contributed by atoms with Crippen molar-refractivity contribution in [2.24, 2.45) is 9.98 Å². The van der Waals surface area contributed by atoms with Crippen LogP contribution in [0.5, 0.6) is 0 Å². The van der Waals surface area contributed by atoms with Crippen LogP contribution in [0.25, 0.3) is 0 Å². The van der Waals surface area contributed by atoms with Crippen molar-refractivity contribution in [3.63, 3.8) is 0 Å². The molecular weight excluding hydrogens is 170 g/mol. The van der Waals surface area contributed by atoms with E-state index < -0.39 is 6.03 Å². The number of urea groups is 1. The number of nitrogens with one attached hydrogen (secondary N) is 1. The molecule has 0 bridgehead atoms. The van der Waals surface area contributed by atoms with E-state index in [0.29, 0.717) is 12.3 Å². The smallest absolute Gasteiger partial charge is 0.353 e. The average molecular weight is 179 g/mol. The van der Waals surface area contributed by atoms with E-state index in [4.69, 9.17) is 0 Å². The highest BCUT2D eigenvalue weighted by molar-refractivity contribution is 6.42. The molecule has 0 fully saturated rings.